The molecule has 0 saturated heterocycles. The first-order valence-electron chi connectivity index (χ1n) is 6.41. The molecule has 0 bridgehead atoms. The summed E-state index contributed by atoms with van der Waals surface area (Å²) in [7, 11) is 1.92. The van der Waals surface area contributed by atoms with Gasteiger partial charge in [-0.1, -0.05) is 6.07 Å². The minimum absolute atomic E-state index is 0.341. The Morgan fingerprint density at radius 2 is 2.20 bits per heavy atom. The third-order valence-corrected chi connectivity index (χ3v) is 3.68. The van der Waals surface area contributed by atoms with Crippen LogP contribution in [0.3, 0.4) is 0 Å². The summed E-state index contributed by atoms with van der Waals surface area (Å²) in [4.78, 5) is 14.0. The molecule has 0 aliphatic heterocycles. The molecule has 0 saturated carbocycles. The molecule has 4 nitrogen and oxygen atoms in total. The Bertz CT molecular complexity index is 582. The molecule has 0 aliphatic rings. The monoisotopic (exact) mass is 290 g/mol. The summed E-state index contributed by atoms with van der Waals surface area (Å²) >= 11 is 1.65. The maximum atomic E-state index is 12.0. The zero-order chi connectivity index (χ0) is 14.5. The van der Waals surface area contributed by atoms with Gasteiger partial charge in [0.15, 0.2) is 0 Å². The molecule has 2 rings (SSSR count). The fourth-order valence-corrected chi connectivity index (χ4v) is 2.76. The molecule has 0 unspecified atom stereocenters. The van der Waals surface area contributed by atoms with Crippen molar-refractivity contribution in [2.45, 2.75) is 13.5 Å². The van der Waals surface area contributed by atoms with Gasteiger partial charge in [-0.15, -0.1) is 0 Å². The minimum Gasteiger partial charge on any atom is -0.462 e. The molecule has 20 heavy (non-hydrogen) atoms. The second-order valence-corrected chi connectivity index (χ2v) is 5.23. The molecule has 0 spiro atoms. The van der Waals surface area contributed by atoms with Crippen LogP contribution in [0.4, 0.5) is 11.4 Å². The smallest absolute Gasteiger partial charge is 0.340 e. The van der Waals surface area contributed by atoms with Crippen molar-refractivity contribution >= 4 is 28.7 Å². The highest BCUT2D eigenvalue weighted by Gasteiger charge is 2.18. The molecule has 5 heteroatoms. The number of nitrogen functional groups attached to an aromatic ring is 1. The van der Waals surface area contributed by atoms with Crippen molar-refractivity contribution in [3.63, 3.8) is 0 Å². The van der Waals surface area contributed by atoms with E-state index in [2.05, 4.69) is 11.4 Å². The van der Waals surface area contributed by atoms with Crippen LogP contribution in [0.25, 0.3) is 0 Å². The first-order chi connectivity index (χ1) is 9.63. The number of hydrogen-bond donors (Lipinski definition) is 1. The van der Waals surface area contributed by atoms with E-state index in [-0.39, 0.29) is 5.97 Å². The van der Waals surface area contributed by atoms with Crippen molar-refractivity contribution in [2.24, 2.45) is 0 Å². The molecule has 0 fully saturated rings. The number of anilines is 2. The number of carbonyl (C=O) groups is 1. The number of benzene rings is 1. The molecule has 0 aliphatic carbocycles. The minimum atomic E-state index is -0.341. The van der Waals surface area contributed by atoms with Gasteiger partial charge in [0.25, 0.3) is 0 Å². The highest BCUT2D eigenvalue weighted by molar-refractivity contribution is 7.07. The number of para-hydroxylation sites is 1. The lowest BCUT2D eigenvalue weighted by Gasteiger charge is -2.23. The topological polar surface area (TPSA) is 55.6 Å². The predicted molar refractivity (Wildman–Crippen MR) is 83.2 cm³/mol. The predicted octanol–water partition coefficient (Wildman–Crippen LogP) is 3.14. The lowest BCUT2D eigenvalue weighted by molar-refractivity contribution is 0.0527. The average molecular weight is 290 g/mol. The summed E-state index contributed by atoms with van der Waals surface area (Å²) in [5.74, 6) is -0.341. The number of carbonyl (C=O) groups excluding carboxylic acids is 1. The first kappa shape index (κ1) is 14.4. The number of thiophene rings is 1. The van der Waals surface area contributed by atoms with Crippen LogP contribution < -0.4 is 10.6 Å². The van der Waals surface area contributed by atoms with Crippen LogP contribution in [-0.2, 0) is 11.3 Å². The summed E-state index contributed by atoms with van der Waals surface area (Å²) in [6.07, 6.45) is 0. The van der Waals surface area contributed by atoms with Gasteiger partial charge in [0.1, 0.15) is 0 Å². The van der Waals surface area contributed by atoms with Crippen LogP contribution in [0.5, 0.6) is 0 Å². The molecular formula is C15H18N2O2S. The zero-order valence-corrected chi connectivity index (χ0v) is 12.4. The Kier molecular flexibility index (Phi) is 4.63. The molecule has 1 aromatic carbocycles. The molecule has 0 atom stereocenters. The van der Waals surface area contributed by atoms with E-state index in [0.717, 1.165) is 5.69 Å². The maximum absolute atomic E-state index is 12.0. The number of ether oxygens (including phenoxy) is 1. The first-order valence-corrected chi connectivity index (χ1v) is 7.35. The number of esters is 1. The van der Waals surface area contributed by atoms with Crippen molar-refractivity contribution in [1.29, 1.82) is 0 Å². The van der Waals surface area contributed by atoms with Gasteiger partial charge >= 0.3 is 5.97 Å². The van der Waals surface area contributed by atoms with Crippen molar-refractivity contribution in [2.75, 3.05) is 24.3 Å². The van der Waals surface area contributed by atoms with E-state index in [9.17, 15) is 4.79 Å². The van der Waals surface area contributed by atoms with Gasteiger partial charge in [-0.2, -0.15) is 11.3 Å². The van der Waals surface area contributed by atoms with Gasteiger partial charge in [-0.05, 0) is 41.4 Å². The fraction of sp³-hybridized carbons (Fsp3) is 0.267. The molecule has 1 heterocycles. The summed E-state index contributed by atoms with van der Waals surface area (Å²) in [5.41, 5.74) is 9.03. The van der Waals surface area contributed by atoms with Crippen LogP contribution in [0.15, 0.2) is 35.0 Å². The Labute approximate surface area is 122 Å². The molecule has 106 valence electrons. The van der Waals surface area contributed by atoms with Crippen molar-refractivity contribution in [1.82, 2.24) is 0 Å². The highest BCUT2D eigenvalue weighted by atomic mass is 32.1. The van der Waals surface area contributed by atoms with Gasteiger partial charge in [-0.3, -0.25) is 0 Å². The van der Waals surface area contributed by atoms with E-state index in [1.54, 1.807) is 36.5 Å². The third kappa shape index (κ3) is 3.11. The summed E-state index contributed by atoms with van der Waals surface area (Å²) in [5, 5.41) is 4.11. The highest BCUT2D eigenvalue weighted by Crippen LogP contribution is 2.29. The summed E-state index contributed by atoms with van der Waals surface area (Å²) < 4.78 is 5.09. The van der Waals surface area contributed by atoms with Gasteiger partial charge in [0.05, 0.1) is 23.5 Å². The lowest BCUT2D eigenvalue weighted by Crippen LogP contribution is -2.21. The summed E-state index contributed by atoms with van der Waals surface area (Å²) in [6.45, 7) is 2.84. The SMILES string of the molecule is CCOC(=O)c1cccc(N)c1N(C)Cc1ccsc1. The quantitative estimate of drug-likeness (QED) is 0.679. The van der Waals surface area contributed by atoms with Gasteiger partial charge in [-0.25, -0.2) is 4.79 Å². The van der Waals surface area contributed by atoms with E-state index in [4.69, 9.17) is 10.5 Å². The Balaban J connectivity index is 2.31. The van der Waals surface area contributed by atoms with Crippen molar-refractivity contribution < 1.29 is 9.53 Å². The van der Waals surface area contributed by atoms with Crippen LogP contribution in [0, 0.1) is 0 Å². The Morgan fingerprint density at radius 1 is 1.40 bits per heavy atom. The van der Waals surface area contributed by atoms with Gasteiger partial charge in [0.2, 0.25) is 0 Å². The lowest BCUT2D eigenvalue weighted by atomic mass is 10.1. The number of nitrogens with zero attached hydrogens (tertiary/aromatic N) is 1. The van der Waals surface area contributed by atoms with E-state index in [1.165, 1.54) is 5.56 Å². The van der Waals surface area contributed by atoms with Crippen LogP contribution in [-0.4, -0.2) is 19.6 Å². The number of nitrogens with two attached hydrogens (primary N) is 1. The average Bonchev–Trinajstić information content (AvgIpc) is 2.91. The zero-order valence-electron chi connectivity index (χ0n) is 11.6. The van der Waals surface area contributed by atoms with Crippen LogP contribution in [0.1, 0.15) is 22.8 Å². The summed E-state index contributed by atoms with van der Waals surface area (Å²) in [6, 6.07) is 7.36. The Morgan fingerprint density at radius 3 is 2.85 bits per heavy atom. The normalized spacial score (nSPS) is 10.3. The number of hydrogen-bond acceptors (Lipinski definition) is 5. The van der Waals surface area contributed by atoms with Crippen molar-refractivity contribution in [3.05, 3.63) is 46.2 Å². The molecule has 2 aromatic rings. The Hall–Kier alpha value is -2.01. The maximum Gasteiger partial charge on any atom is 0.340 e. The second kappa shape index (κ2) is 6.43. The van der Waals surface area contributed by atoms with E-state index in [0.29, 0.717) is 24.4 Å². The second-order valence-electron chi connectivity index (χ2n) is 4.45. The standard InChI is InChI=1S/C15H18N2O2S/c1-3-19-15(18)12-5-4-6-13(16)14(12)17(2)9-11-7-8-20-10-11/h4-8,10H,3,9,16H2,1-2H3. The van der Waals surface area contributed by atoms with Crippen LogP contribution >= 0.6 is 11.3 Å². The largest absolute Gasteiger partial charge is 0.462 e. The van der Waals surface area contributed by atoms with Gasteiger partial charge < -0.3 is 15.4 Å². The molecular weight excluding hydrogens is 272 g/mol. The molecule has 0 radical (unpaired) electrons. The third-order valence-electron chi connectivity index (χ3n) is 2.94. The van der Waals surface area contributed by atoms with Gasteiger partial charge in [0, 0.05) is 13.6 Å². The van der Waals surface area contributed by atoms with E-state index < -0.39 is 0 Å². The fourth-order valence-electron chi connectivity index (χ4n) is 2.10. The number of rotatable bonds is 5. The van der Waals surface area contributed by atoms with E-state index >= 15 is 0 Å². The molecule has 1 aromatic heterocycles. The van der Waals surface area contributed by atoms with E-state index in [1.807, 2.05) is 17.3 Å². The molecule has 0 amide bonds. The van der Waals surface area contributed by atoms with Crippen molar-refractivity contribution in [3.8, 4) is 0 Å². The van der Waals surface area contributed by atoms with Crippen LogP contribution in [0.2, 0.25) is 0 Å². The molecule has 2 N–H and O–H groups in total.